The van der Waals surface area contributed by atoms with Gasteiger partial charge in [0.05, 0.1) is 40.8 Å². The highest BCUT2D eigenvalue weighted by molar-refractivity contribution is 5.95. The molecule has 2 aromatic heterocycles. The van der Waals surface area contributed by atoms with Crippen molar-refractivity contribution in [3.63, 3.8) is 0 Å². The van der Waals surface area contributed by atoms with Crippen molar-refractivity contribution in [1.29, 1.82) is 5.41 Å². The predicted molar refractivity (Wildman–Crippen MR) is 162 cm³/mol. The number of nitrogens with one attached hydrogen (secondary N) is 3. The molecule has 3 heterocycles. The number of amides is 1. The number of aromatic nitrogens is 3. The van der Waals surface area contributed by atoms with E-state index in [-0.39, 0.29) is 33.9 Å². The molecule has 1 aliphatic heterocycles. The number of carbonyl (C=O) groups excluding carboxylic acids is 1. The fourth-order valence-electron chi connectivity index (χ4n) is 4.98. The first-order chi connectivity index (χ1) is 21.7. The van der Waals surface area contributed by atoms with E-state index < -0.39 is 41.8 Å². The number of hydrogen-bond acceptors (Lipinski definition) is 9. The summed E-state index contributed by atoms with van der Waals surface area (Å²) in [5, 5.41) is 13.0. The molecule has 1 aromatic carbocycles. The summed E-state index contributed by atoms with van der Waals surface area (Å²) in [5.41, 5.74) is 4.56. The van der Waals surface area contributed by atoms with Crippen molar-refractivity contribution in [3.8, 4) is 11.3 Å². The first kappa shape index (κ1) is 33.8. The van der Waals surface area contributed by atoms with Gasteiger partial charge in [0.25, 0.3) is 5.56 Å². The Morgan fingerprint density at radius 2 is 1.91 bits per heavy atom. The van der Waals surface area contributed by atoms with Crippen LogP contribution in [0.5, 0.6) is 0 Å². The topological polar surface area (TPSA) is 168 Å². The van der Waals surface area contributed by atoms with Crippen molar-refractivity contribution in [2.24, 2.45) is 17.5 Å². The Bertz CT molecular complexity index is 1740. The fourth-order valence-corrected chi connectivity index (χ4v) is 4.98. The summed E-state index contributed by atoms with van der Waals surface area (Å²) in [6.45, 7) is 0.390. The number of benzene rings is 1. The summed E-state index contributed by atoms with van der Waals surface area (Å²) >= 11 is 0. The molecule has 244 valence electrons. The molecule has 11 nitrogen and oxygen atoms in total. The van der Waals surface area contributed by atoms with Gasteiger partial charge in [0.1, 0.15) is 5.70 Å². The van der Waals surface area contributed by atoms with Crippen molar-refractivity contribution in [3.05, 3.63) is 93.7 Å². The van der Waals surface area contributed by atoms with Gasteiger partial charge in [0.15, 0.2) is 0 Å². The molecule has 1 aliphatic rings. The lowest BCUT2D eigenvalue weighted by molar-refractivity contribution is -0.123. The van der Waals surface area contributed by atoms with Crippen LogP contribution in [0.2, 0.25) is 0 Å². The van der Waals surface area contributed by atoms with E-state index in [1.54, 1.807) is 26.0 Å². The number of anilines is 1. The second kappa shape index (κ2) is 13.9. The number of hydrogen-bond donors (Lipinski definition) is 5. The maximum absolute atomic E-state index is 13.6. The third kappa shape index (κ3) is 7.74. The number of hydrazine groups is 1. The standard InChI is InChI=1S/C30H32F5N9O2/c1-16-6-7-23(44(38)14-25(37)30(33,34)35)19(10-16)20-12-26(45)43(15-40-20)24-5-3-4-17(2)28(46)41-22(13-36)27(42-29(31)32)18-8-9-39-21(24)11-18/h6-15,17,24,29,36,42H,3-5,37-38H2,1-2H3,(H,41,46)/b25-14-,27-22+,36-13?. The number of pyridine rings is 1. The van der Waals surface area contributed by atoms with Crippen LogP contribution in [0.1, 0.15) is 49.0 Å². The van der Waals surface area contributed by atoms with Crippen LogP contribution in [-0.4, -0.2) is 39.4 Å². The van der Waals surface area contributed by atoms with Gasteiger partial charge in [0.2, 0.25) is 5.91 Å². The van der Waals surface area contributed by atoms with Gasteiger partial charge < -0.3 is 21.8 Å². The summed E-state index contributed by atoms with van der Waals surface area (Å²) in [4.78, 5) is 35.3. The van der Waals surface area contributed by atoms with Crippen molar-refractivity contribution in [1.82, 2.24) is 25.2 Å². The SMILES string of the molecule is Cc1ccc(N(N)/C=C(\N)C(F)(F)F)c(-c2cc(=O)n(C3CCCC(C)C(=O)N/C(C=N)=C(/NC(F)F)c4ccnc3c4)cn2)c1. The zero-order chi connectivity index (χ0) is 33.8. The van der Waals surface area contributed by atoms with E-state index in [9.17, 15) is 31.5 Å². The summed E-state index contributed by atoms with van der Waals surface area (Å²) in [5.74, 6) is 4.91. The molecule has 0 saturated carbocycles. The number of nitrogens with zero attached hydrogens (tertiary/aromatic N) is 4. The van der Waals surface area contributed by atoms with Gasteiger partial charge in [-0.3, -0.25) is 24.1 Å². The van der Waals surface area contributed by atoms with Crippen LogP contribution in [0, 0.1) is 18.3 Å². The molecular formula is C30H32F5N9O2. The second-order valence-corrected chi connectivity index (χ2v) is 10.7. The van der Waals surface area contributed by atoms with E-state index in [0.717, 1.165) is 11.8 Å². The molecule has 1 amide bonds. The molecular weight excluding hydrogens is 613 g/mol. The molecule has 0 spiro atoms. The minimum absolute atomic E-state index is 0.0999. The van der Waals surface area contributed by atoms with Gasteiger partial charge in [-0.15, -0.1) is 0 Å². The van der Waals surface area contributed by atoms with E-state index >= 15 is 0 Å². The molecule has 4 rings (SSSR count). The molecule has 7 N–H and O–H groups in total. The van der Waals surface area contributed by atoms with Crippen LogP contribution >= 0.6 is 0 Å². The lowest BCUT2D eigenvalue weighted by Gasteiger charge is -2.24. The van der Waals surface area contributed by atoms with Crippen molar-refractivity contribution >= 4 is 23.5 Å². The largest absolute Gasteiger partial charge is 0.432 e. The number of nitrogens with two attached hydrogens (primary N) is 2. The average Bonchev–Trinajstić information content (AvgIpc) is 3.00. The zero-order valence-corrected chi connectivity index (χ0v) is 24.8. The number of aryl methyl sites for hydroxylation is 1. The van der Waals surface area contributed by atoms with Crippen LogP contribution in [0.25, 0.3) is 17.0 Å². The Morgan fingerprint density at radius 3 is 2.57 bits per heavy atom. The molecule has 0 radical (unpaired) electrons. The van der Waals surface area contributed by atoms with E-state index in [1.165, 1.54) is 41.4 Å². The Hall–Kier alpha value is -5.12. The molecule has 0 aliphatic carbocycles. The maximum Gasteiger partial charge on any atom is 0.432 e. The highest BCUT2D eigenvalue weighted by Crippen LogP contribution is 2.32. The van der Waals surface area contributed by atoms with Gasteiger partial charge >= 0.3 is 12.7 Å². The predicted octanol–water partition coefficient (Wildman–Crippen LogP) is 4.31. The average molecular weight is 646 g/mol. The first-order valence-corrected chi connectivity index (χ1v) is 14.0. The quantitative estimate of drug-likeness (QED) is 0.0833. The second-order valence-electron chi connectivity index (χ2n) is 10.7. The monoisotopic (exact) mass is 645 g/mol. The van der Waals surface area contributed by atoms with E-state index in [1.807, 2.05) is 5.32 Å². The minimum Gasteiger partial charge on any atom is -0.393 e. The van der Waals surface area contributed by atoms with Gasteiger partial charge in [-0.25, -0.2) is 10.8 Å². The van der Waals surface area contributed by atoms with Crippen LogP contribution < -0.4 is 32.8 Å². The van der Waals surface area contributed by atoms with Gasteiger partial charge in [-0.05, 0) is 44.0 Å². The van der Waals surface area contributed by atoms with Gasteiger partial charge in [0, 0.05) is 41.7 Å². The summed E-state index contributed by atoms with van der Waals surface area (Å²) < 4.78 is 67.6. The van der Waals surface area contributed by atoms with Gasteiger partial charge in [-0.2, -0.15) is 22.0 Å². The Morgan fingerprint density at radius 1 is 1.17 bits per heavy atom. The van der Waals surface area contributed by atoms with Gasteiger partial charge in [-0.1, -0.05) is 25.0 Å². The first-order valence-electron chi connectivity index (χ1n) is 14.0. The normalized spacial score (nSPS) is 19.6. The van der Waals surface area contributed by atoms with Crippen LogP contribution in [0.15, 0.2) is 71.3 Å². The number of halogens is 5. The maximum atomic E-state index is 13.6. The Kier molecular flexibility index (Phi) is 10.2. The number of rotatable bonds is 7. The van der Waals surface area contributed by atoms with Crippen LogP contribution in [-0.2, 0) is 4.79 Å². The lowest BCUT2D eigenvalue weighted by atomic mass is 9.96. The molecule has 3 aromatic rings. The van der Waals surface area contributed by atoms with Crippen LogP contribution in [0.4, 0.5) is 27.6 Å². The number of carbonyl (C=O) groups is 1. The van der Waals surface area contributed by atoms with Crippen molar-refractivity contribution in [2.45, 2.75) is 51.9 Å². The van der Waals surface area contributed by atoms with E-state index in [2.05, 4.69) is 15.3 Å². The summed E-state index contributed by atoms with van der Waals surface area (Å²) in [6, 6.07) is 8.08. The molecule has 16 heteroatoms. The summed E-state index contributed by atoms with van der Waals surface area (Å²) in [6.07, 6.45) is 0.265. The smallest absolute Gasteiger partial charge is 0.393 e. The fraction of sp³-hybridized carbons (Fsp3) is 0.300. The highest BCUT2D eigenvalue weighted by atomic mass is 19.4. The minimum atomic E-state index is -4.81. The third-order valence-electron chi connectivity index (χ3n) is 7.38. The molecule has 46 heavy (non-hydrogen) atoms. The van der Waals surface area contributed by atoms with Crippen molar-refractivity contribution < 1.29 is 26.7 Å². The highest BCUT2D eigenvalue weighted by Gasteiger charge is 2.32. The molecule has 2 bridgehead atoms. The molecule has 2 unspecified atom stereocenters. The third-order valence-corrected chi connectivity index (χ3v) is 7.38. The summed E-state index contributed by atoms with van der Waals surface area (Å²) in [7, 11) is 0. The van der Waals surface area contributed by atoms with E-state index in [4.69, 9.17) is 17.0 Å². The lowest BCUT2D eigenvalue weighted by Crippen LogP contribution is -2.33. The molecule has 2 atom stereocenters. The number of alkyl halides is 5. The van der Waals surface area contributed by atoms with Crippen LogP contribution in [0.3, 0.4) is 0 Å². The number of fused-ring (bicyclic) bond motifs is 2. The Labute approximate surface area is 260 Å². The zero-order valence-electron chi connectivity index (χ0n) is 24.8. The molecule has 0 saturated heterocycles. The van der Waals surface area contributed by atoms with E-state index in [0.29, 0.717) is 36.2 Å². The van der Waals surface area contributed by atoms with Crippen molar-refractivity contribution in [2.75, 3.05) is 5.01 Å². The Balaban J connectivity index is 1.82. The number of allylic oxidation sites excluding steroid dienone is 2. The molecule has 0 fully saturated rings.